The van der Waals surface area contributed by atoms with Crippen LogP contribution in [0, 0.1) is 0 Å². The van der Waals surface area contributed by atoms with Gasteiger partial charge in [0.1, 0.15) is 0 Å². The predicted octanol–water partition coefficient (Wildman–Crippen LogP) is 2.07. The molecule has 0 radical (unpaired) electrons. The number of nitrogens with zero attached hydrogens (tertiary/aromatic N) is 3. The van der Waals surface area contributed by atoms with E-state index in [1.54, 1.807) is 6.07 Å². The fourth-order valence-electron chi connectivity index (χ4n) is 2.37. The van der Waals surface area contributed by atoms with E-state index in [1.165, 1.54) is 42.3 Å². The Bertz CT molecular complexity index is 948. The molecule has 0 saturated heterocycles. The standard InChI is InChI=1S/C16H20N4O5S3/c1-3-26-16-19-18-15(27-16)17-14(21)10-20(2)28(22,23)11-5-6-12-13(9-11)25-8-4-7-24-12/h5-6,9H,3-4,7-8,10H2,1-2H3,(H,17,18,21). The highest BCUT2D eigenvalue weighted by atomic mass is 32.2. The number of carbonyl (C=O) groups excluding carboxylic acids is 1. The smallest absolute Gasteiger partial charge is 0.243 e. The van der Waals surface area contributed by atoms with Crippen LogP contribution in [-0.4, -0.2) is 61.4 Å². The van der Waals surface area contributed by atoms with Gasteiger partial charge in [-0.25, -0.2) is 8.42 Å². The van der Waals surface area contributed by atoms with Gasteiger partial charge in [-0.2, -0.15) is 4.31 Å². The van der Waals surface area contributed by atoms with Crippen LogP contribution in [0.15, 0.2) is 27.4 Å². The molecule has 12 heteroatoms. The van der Waals surface area contributed by atoms with Crippen molar-refractivity contribution in [3.05, 3.63) is 18.2 Å². The first-order valence-electron chi connectivity index (χ1n) is 8.52. The average Bonchev–Trinajstić information content (AvgIpc) is 2.95. The van der Waals surface area contributed by atoms with Gasteiger partial charge < -0.3 is 9.47 Å². The second kappa shape index (κ2) is 9.07. The van der Waals surface area contributed by atoms with Gasteiger partial charge in [0.15, 0.2) is 15.8 Å². The van der Waals surface area contributed by atoms with Crippen LogP contribution in [0.1, 0.15) is 13.3 Å². The predicted molar refractivity (Wildman–Crippen MR) is 107 cm³/mol. The van der Waals surface area contributed by atoms with Gasteiger partial charge in [-0.05, 0) is 17.9 Å². The molecule has 0 spiro atoms. The molecule has 0 saturated carbocycles. The summed E-state index contributed by atoms with van der Waals surface area (Å²) >= 11 is 2.76. The lowest BCUT2D eigenvalue weighted by Gasteiger charge is -2.17. The molecule has 1 N–H and O–H groups in total. The van der Waals surface area contributed by atoms with Crippen LogP contribution < -0.4 is 14.8 Å². The molecule has 0 unspecified atom stereocenters. The van der Waals surface area contributed by atoms with Crippen molar-refractivity contribution in [2.75, 3.05) is 37.9 Å². The number of amides is 1. The number of hydrogen-bond acceptors (Lipinski definition) is 9. The molecule has 2 aromatic rings. The van der Waals surface area contributed by atoms with E-state index in [9.17, 15) is 13.2 Å². The van der Waals surface area contributed by atoms with Gasteiger partial charge in [0.2, 0.25) is 21.1 Å². The second-order valence-corrected chi connectivity index (χ2v) is 10.3. The van der Waals surface area contributed by atoms with E-state index in [4.69, 9.17) is 9.47 Å². The van der Waals surface area contributed by atoms with Crippen molar-refractivity contribution in [1.82, 2.24) is 14.5 Å². The maximum Gasteiger partial charge on any atom is 0.243 e. The van der Waals surface area contributed by atoms with Crippen LogP contribution in [-0.2, 0) is 14.8 Å². The minimum Gasteiger partial charge on any atom is -0.490 e. The van der Waals surface area contributed by atoms with Crippen LogP contribution in [0.5, 0.6) is 11.5 Å². The highest BCUT2D eigenvalue weighted by molar-refractivity contribution is 8.01. The van der Waals surface area contributed by atoms with Gasteiger partial charge in [0.05, 0.1) is 24.7 Å². The quantitative estimate of drug-likeness (QED) is 0.510. The molecule has 1 aliphatic heterocycles. The molecule has 0 atom stereocenters. The van der Waals surface area contributed by atoms with Crippen LogP contribution in [0.25, 0.3) is 0 Å². The Kier molecular flexibility index (Phi) is 6.75. The Morgan fingerprint density at radius 1 is 1.29 bits per heavy atom. The van der Waals surface area contributed by atoms with E-state index >= 15 is 0 Å². The van der Waals surface area contributed by atoms with Crippen molar-refractivity contribution in [2.45, 2.75) is 22.6 Å². The number of rotatable bonds is 7. The topological polar surface area (TPSA) is 111 Å². The summed E-state index contributed by atoms with van der Waals surface area (Å²) in [6.07, 6.45) is 0.723. The first-order chi connectivity index (χ1) is 13.4. The summed E-state index contributed by atoms with van der Waals surface area (Å²) in [5.74, 6) is 1.24. The minimum absolute atomic E-state index is 0.0320. The zero-order valence-electron chi connectivity index (χ0n) is 15.4. The van der Waals surface area contributed by atoms with E-state index in [1.807, 2.05) is 6.92 Å². The summed E-state index contributed by atoms with van der Waals surface area (Å²) in [5.41, 5.74) is 0. The summed E-state index contributed by atoms with van der Waals surface area (Å²) < 4.78 is 38.4. The molecule has 0 aliphatic carbocycles. The van der Waals surface area contributed by atoms with Crippen molar-refractivity contribution in [3.8, 4) is 11.5 Å². The Balaban J connectivity index is 1.67. The molecule has 1 amide bonds. The number of likely N-dealkylation sites (N-methyl/N-ethyl adjacent to an activating group) is 1. The molecular weight excluding hydrogens is 424 g/mol. The van der Waals surface area contributed by atoms with Gasteiger partial charge in [0, 0.05) is 19.5 Å². The molecule has 152 valence electrons. The number of thioether (sulfide) groups is 1. The largest absolute Gasteiger partial charge is 0.490 e. The lowest BCUT2D eigenvalue weighted by molar-refractivity contribution is -0.116. The fourth-order valence-corrected chi connectivity index (χ4v) is 5.18. The Morgan fingerprint density at radius 3 is 2.79 bits per heavy atom. The molecular formula is C16H20N4O5S3. The summed E-state index contributed by atoms with van der Waals surface area (Å²) in [4.78, 5) is 12.2. The van der Waals surface area contributed by atoms with Crippen LogP contribution in [0.4, 0.5) is 5.13 Å². The first-order valence-corrected chi connectivity index (χ1v) is 11.8. The van der Waals surface area contributed by atoms with E-state index < -0.39 is 15.9 Å². The van der Waals surface area contributed by atoms with Crippen LogP contribution in [0.3, 0.4) is 0 Å². The van der Waals surface area contributed by atoms with Crippen molar-refractivity contribution < 1.29 is 22.7 Å². The molecule has 1 aromatic carbocycles. The highest BCUT2D eigenvalue weighted by Crippen LogP contribution is 2.32. The number of sulfonamides is 1. The van der Waals surface area contributed by atoms with Gasteiger partial charge in [0.25, 0.3) is 0 Å². The van der Waals surface area contributed by atoms with Crippen molar-refractivity contribution >= 4 is 44.2 Å². The number of nitrogens with one attached hydrogen (secondary N) is 1. The number of fused-ring (bicyclic) bond motifs is 1. The van der Waals surface area contributed by atoms with Crippen LogP contribution >= 0.6 is 23.1 Å². The van der Waals surface area contributed by atoms with Crippen molar-refractivity contribution in [3.63, 3.8) is 0 Å². The molecule has 28 heavy (non-hydrogen) atoms. The van der Waals surface area contributed by atoms with Gasteiger partial charge in [-0.15, -0.1) is 10.2 Å². The van der Waals surface area contributed by atoms with E-state index in [0.717, 1.165) is 20.8 Å². The third kappa shape index (κ3) is 4.93. The van der Waals surface area contributed by atoms with E-state index in [2.05, 4.69) is 15.5 Å². The molecule has 0 fully saturated rings. The number of anilines is 1. The zero-order chi connectivity index (χ0) is 20.1. The molecule has 1 aromatic heterocycles. The molecule has 2 heterocycles. The molecule has 1 aliphatic rings. The molecule has 0 bridgehead atoms. The highest BCUT2D eigenvalue weighted by Gasteiger charge is 2.25. The maximum atomic E-state index is 12.8. The number of benzene rings is 1. The summed E-state index contributed by atoms with van der Waals surface area (Å²) in [6.45, 7) is 2.61. The number of aromatic nitrogens is 2. The second-order valence-electron chi connectivity index (χ2n) is 5.77. The molecule has 9 nitrogen and oxygen atoms in total. The summed E-state index contributed by atoms with van der Waals surface area (Å²) in [7, 11) is -2.53. The zero-order valence-corrected chi connectivity index (χ0v) is 17.8. The SMILES string of the molecule is CCSc1nnc(NC(=O)CN(C)S(=O)(=O)c2ccc3c(c2)OCCCO3)s1. The first kappa shape index (κ1) is 20.8. The van der Waals surface area contributed by atoms with Crippen molar-refractivity contribution in [2.24, 2.45) is 0 Å². The number of hydrogen-bond donors (Lipinski definition) is 1. The Labute approximate surface area is 171 Å². The maximum absolute atomic E-state index is 12.8. The lowest BCUT2D eigenvalue weighted by atomic mass is 10.3. The molecule has 3 rings (SSSR count). The van der Waals surface area contributed by atoms with Crippen LogP contribution in [0.2, 0.25) is 0 Å². The number of ether oxygens (including phenoxy) is 2. The third-order valence-corrected chi connectivity index (χ3v) is 7.37. The monoisotopic (exact) mass is 444 g/mol. The van der Waals surface area contributed by atoms with Gasteiger partial charge >= 0.3 is 0 Å². The summed E-state index contributed by atoms with van der Waals surface area (Å²) in [5, 5.41) is 10.7. The number of carbonyl (C=O) groups is 1. The fraction of sp³-hybridized carbons (Fsp3) is 0.438. The van der Waals surface area contributed by atoms with E-state index in [0.29, 0.717) is 29.8 Å². The Morgan fingerprint density at radius 2 is 2.04 bits per heavy atom. The summed E-state index contributed by atoms with van der Waals surface area (Å²) in [6, 6.07) is 4.43. The Hall–Kier alpha value is -1.89. The minimum atomic E-state index is -3.87. The van der Waals surface area contributed by atoms with Gasteiger partial charge in [-0.3, -0.25) is 10.1 Å². The van der Waals surface area contributed by atoms with Gasteiger partial charge in [-0.1, -0.05) is 30.0 Å². The lowest BCUT2D eigenvalue weighted by Crippen LogP contribution is -2.35. The normalized spacial score (nSPS) is 14.0. The average molecular weight is 445 g/mol. The van der Waals surface area contributed by atoms with E-state index in [-0.39, 0.29) is 11.4 Å². The van der Waals surface area contributed by atoms with Crippen molar-refractivity contribution in [1.29, 1.82) is 0 Å². The third-order valence-electron chi connectivity index (χ3n) is 3.71.